The highest BCUT2D eigenvalue weighted by atomic mass is 31.2. The number of rotatable bonds is 8. The Balaban J connectivity index is 4.90. The Morgan fingerprint density at radius 1 is 1.16 bits per heavy atom. The fourth-order valence-electron chi connectivity index (χ4n) is 1.69. The van der Waals surface area contributed by atoms with Gasteiger partial charge >= 0.3 is 19.5 Å². The van der Waals surface area contributed by atoms with E-state index in [0.717, 1.165) is 4.90 Å². The van der Waals surface area contributed by atoms with Gasteiger partial charge in [-0.2, -0.15) is 0 Å². The number of carboxylic acid groups (broad SMARTS) is 2. The summed E-state index contributed by atoms with van der Waals surface area (Å²) in [5, 5.41) is 16.1. The largest absolute Gasteiger partial charge is 0.480 e. The quantitative estimate of drug-likeness (QED) is 0.466. The van der Waals surface area contributed by atoms with Crippen molar-refractivity contribution in [2.24, 2.45) is 0 Å². The normalized spacial score (nSPS) is 14.4. The average molecular weight is 297 g/mol. The number of carbonyl (C=O) groups is 2. The lowest BCUT2D eigenvalue weighted by molar-refractivity contribution is -0.142. The van der Waals surface area contributed by atoms with Crippen LogP contribution in [0.4, 0.5) is 0 Å². The lowest BCUT2D eigenvalue weighted by atomic mass is 10.0. The summed E-state index contributed by atoms with van der Waals surface area (Å²) >= 11 is 0. The third kappa shape index (κ3) is 6.15. The molecule has 8 nitrogen and oxygen atoms in total. The molecule has 0 aromatic heterocycles. The fourth-order valence-corrected chi connectivity index (χ4v) is 2.19. The fraction of sp³-hybridized carbons (Fsp3) is 0.800. The zero-order valence-electron chi connectivity index (χ0n) is 11.1. The molecule has 9 heteroatoms. The van der Waals surface area contributed by atoms with Gasteiger partial charge in [-0.05, 0) is 27.2 Å². The molecule has 0 aromatic rings. The molecule has 1 unspecified atom stereocenters. The van der Waals surface area contributed by atoms with Crippen molar-refractivity contribution in [1.82, 2.24) is 4.90 Å². The molecule has 0 rings (SSSR count). The Morgan fingerprint density at radius 3 is 1.79 bits per heavy atom. The van der Waals surface area contributed by atoms with Gasteiger partial charge in [0, 0.05) is 6.04 Å². The van der Waals surface area contributed by atoms with E-state index in [1.807, 2.05) is 0 Å². The van der Waals surface area contributed by atoms with Gasteiger partial charge in [0.25, 0.3) is 0 Å². The van der Waals surface area contributed by atoms with Gasteiger partial charge in [0.15, 0.2) is 0 Å². The summed E-state index contributed by atoms with van der Waals surface area (Å²) in [6, 6.07) is -0.588. The van der Waals surface area contributed by atoms with E-state index in [1.54, 1.807) is 6.92 Å². The molecular weight excluding hydrogens is 277 g/mol. The third-order valence-corrected chi connectivity index (χ3v) is 4.64. The standard InChI is InChI=1S/C10H20NO7P/c1-7(4-10(2,3)19(16,17)18)11(5-8(12)13)6-9(14)15/h7H,4-6H2,1-3H3,(H,12,13)(H,14,15)(H2,16,17,18). The smallest absolute Gasteiger partial charge is 0.331 e. The van der Waals surface area contributed by atoms with Crippen LogP contribution in [0.3, 0.4) is 0 Å². The maximum absolute atomic E-state index is 11.3. The van der Waals surface area contributed by atoms with Gasteiger partial charge in [-0.15, -0.1) is 0 Å². The Labute approximate surface area is 111 Å². The molecule has 0 aliphatic heterocycles. The molecule has 0 aromatic carbocycles. The Kier molecular flexibility index (Phi) is 6.15. The average Bonchev–Trinajstić information content (AvgIpc) is 2.12. The molecule has 1 atom stereocenters. The van der Waals surface area contributed by atoms with Crippen LogP contribution in [0.5, 0.6) is 0 Å². The van der Waals surface area contributed by atoms with Gasteiger partial charge in [0.1, 0.15) is 0 Å². The zero-order chi connectivity index (χ0) is 15.4. The highest BCUT2D eigenvalue weighted by Crippen LogP contribution is 2.52. The molecule has 0 spiro atoms. The Morgan fingerprint density at radius 2 is 1.53 bits per heavy atom. The van der Waals surface area contributed by atoms with E-state index in [2.05, 4.69) is 0 Å². The molecule has 0 bridgehead atoms. The monoisotopic (exact) mass is 297 g/mol. The van der Waals surface area contributed by atoms with Crippen molar-refractivity contribution in [3.63, 3.8) is 0 Å². The summed E-state index contributed by atoms with van der Waals surface area (Å²) in [5.41, 5.74) is 0. The van der Waals surface area contributed by atoms with Gasteiger partial charge in [-0.3, -0.25) is 19.1 Å². The molecule has 0 fully saturated rings. The topological polar surface area (TPSA) is 135 Å². The molecule has 0 heterocycles. The van der Waals surface area contributed by atoms with Crippen molar-refractivity contribution >= 4 is 19.5 Å². The van der Waals surface area contributed by atoms with Crippen molar-refractivity contribution in [3.05, 3.63) is 0 Å². The lowest BCUT2D eigenvalue weighted by Crippen LogP contribution is -2.43. The Hall–Kier alpha value is -0.950. The number of hydrogen-bond donors (Lipinski definition) is 4. The van der Waals surface area contributed by atoms with Crippen LogP contribution in [-0.4, -0.2) is 61.1 Å². The minimum atomic E-state index is -4.35. The van der Waals surface area contributed by atoms with Gasteiger partial charge in [0.2, 0.25) is 0 Å². The molecule has 0 aliphatic rings. The summed E-state index contributed by atoms with van der Waals surface area (Å²) in [7, 11) is -4.35. The zero-order valence-corrected chi connectivity index (χ0v) is 12.0. The molecular formula is C10H20NO7P. The minimum absolute atomic E-state index is 0.0160. The van der Waals surface area contributed by atoms with E-state index in [-0.39, 0.29) is 6.42 Å². The molecule has 0 amide bonds. The van der Waals surface area contributed by atoms with Crippen molar-refractivity contribution in [2.45, 2.75) is 38.4 Å². The second-order valence-electron chi connectivity index (χ2n) is 5.10. The third-order valence-electron chi connectivity index (χ3n) is 2.88. The summed E-state index contributed by atoms with van der Waals surface area (Å²) in [4.78, 5) is 40.9. The first-order valence-electron chi connectivity index (χ1n) is 5.60. The minimum Gasteiger partial charge on any atom is -0.480 e. The maximum Gasteiger partial charge on any atom is 0.331 e. The van der Waals surface area contributed by atoms with Crippen molar-refractivity contribution in [1.29, 1.82) is 0 Å². The summed E-state index contributed by atoms with van der Waals surface area (Å²) < 4.78 is 11.3. The van der Waals surface area contributed by atoms with E-state index >= 15 is 0 Å². The summed E-state index contributed by atoms with van der Waals surface area (Å²) in [5.74, 6) is -2.39. The molecule has 0 saturated heterocycles. The number of aliphatic carboxylic acids is 2. The second kappa shape index (κ2) is 6.47. The molecule has 0 aliphatic carbocycles. The molecule has 112 valence electrons. The predicted octanol–water partition coefficient (Wildman–Crippen LogP) is 0.192. The van der Waals surface area contributed by atoms with Gasteiger partial charge in [0.05, 0.1) is 18.2 Å². The highest BCUT2D eigenvalue weighted by molar-refractivity contribution is 7.53. The first-order chi connectivity index (χ1) is 8.36. The van der Waals surface area contributed by atoms with Crippen LogP contribution in [0.15, 0.2) is 0 Å². The van der Waals surface area contributed by atoms with Crippen LogP contribution < -0.4 is 0 Å². The van der Waals surface area contributed by atoms with Crippen LogP contribution >= 0.6 is 7.60 Å². The van der Waals surface area contributed by atoms with Crippen molar-refractivity contribution in [2.75, 3.05) is 13.1 Å². The van der Waals surface area contributed by atoms with Crippen LogP contribution in [0.25, 0.3) is 0 Å². The SMILES string of the molecule is CC(CC(C)(C)P(=O)(O)O)N(CC(=O)O)CC(=O)O. The maximum atomic E-state index is 11.3. The van der Waals surface area contributed by atoms with Crippen LogP contribution in [0.2, 0.25) is 0 Å². The second-order valence-corrected chi connectivity index (χ2v) is 7.40. The van der Waals surface area contributed by atoms with Gasteiger partial charge in [-0.1, -0.05) is 0 Å². The van der Waals surface area contributed by atoms with E-state index < -0.39 is 43.8 Å². The van der Waals surface area contributed by atoms with Crippen LogP contribution in [-0.2, 0) is 14.2 Å². The highest BCUT2D eigenvalue weighted by Gasteiger charge is 2.40. The van der Waals surface area contributed by atoms with E-state index in [0.29, 0.717) is 0 Å². The Bertz CT molecular complexity index is 373. The lowest BCUT2D eigenvalue weighted by Gasteiger charge is -2.33. The molecule has 4 N–H and O–H groups in total. The predicted molar refractivity (Wildman–Crippen MR) is 67.0 cm³/mol. The number of nitrogens with zero attached hydrogens (tertiary/aromatic N) is 1. The summed E-state index contributed by atoms with van der Waals surface area (Å²) in [6.07, 6.45) is -0.0160. The number of hydrogen-bond acceptors (Lipinski definition) is 4. The van der Waals surface area contributed by atoms with Crippen LogP contribution in [0.1, 0.15) is 27.2 Å². The van der Waals surface area contributed by atoms with E-state index in [4.69, 9.17) is 10.2 Å². The van der Waals surface area contributed by atoms with Gasteiger partial charge < -0.3 is 20.0 Å². The molecule has 0 radical (unpaired) electrons. The van der Waals surface area contributed by atoms with Crippen molar-refractivity contribution in [3.8, 4) is 0 Å². The molecule has 19 heavy (non-hydrogen) atoms. The summed E-state index contributed by atoms with van der Waals surface area (Å²) in [6.45, 7) is 3.28. The van der Waals surface area contributed by atoms with Crippen molar-refractivity contribution < 1.29 is 34.2 Å². The first kappa shape index (κ1) is 18.0. The van der Waals surface area contributed by atoms with E-state index in [1.165, 1.54) is 13.8 Å². The molecule has 0 saturated carbocycles. The number of carboxylic acids is 2. The van der Waals surface area contributed by atoms with E-state index in [9.17, 15) is 23.9 Å². The first-order valence-corrected chi connectivity index (χ1v) is 7.21. The van der Waals surface area contributed by atoms with Crippen LogP contribution in [0, 0.1) is 0 Å². The van der Waals surface area contributed by atoms with Gasteiger partial charge in [-0.25, -0.2) is 0 Å².